The van der Waals surface area contributed by atoms with Crippen LogP contribution in [-0.4, -0.2) is 23.0 Å². The number of pyridine rings is 1. The number of nitrogens with one attached hydrogen (secondary N) is 2. The molecule has 0 saturated carbocycles. The molecule has 0 aliphatic rings. The third-order valence-electron chi connectivity index (χ3n) is 2.59. The van der Waals surface area contributed by atoms with Gasteiger partial charge in [-0.25, -0.2) is 4.79 Å². The molecule has 0 saturated heterocycles. The first kappa shape index (κ1) is 14.3. The Morgan fingerprint density at radius 3 is 2.57 bits per heavy atom. The molecule has 108 valence electrons. The minimum absolute atomic E-state index is 0.0464. The fraction of sp³-hybridized carbons (Fsp3) is 0.0769. The van der Waals surface area contributed by atoms with Gasteiger partial charge in [0.1, 0.15) is 11.4 Å². The fourth-order valence-electron chi connectivity index (χ4n) is 1.60. The summed E-state index contributed by atoms with van der Waals surface area (Å²) in [5, 5.41) is 15.7. The number of carbonyl (C=O) groups excluding carboxylic acids is 1. The Labute approximate surface area is 119 Å². The number of hydrogen-bond acceptors (Lipinski definition) is 5. The van der Waals surface area contributed by atoms with E-state index in [2.05, 4.69) is 15.6 Å². The van der Waals surface area contributed by atoms with Crippen molar-refractivity contribution in [1.82, 2.24) is 4.98 Å². The highest BCUT2D eigenvalue weighted by atomic mass is 16.6. The Morgan fingerprint density at radius 2 is 1.95 bits per heavy atom. The molecule has 0 atom stereocenters. The van der Waals surface area contributed by atoms with E-state index in [4.69, 9.17) is 4.74 Å². The third-order valence-corrected chi connectivity index (χ3v) is 2.59. The summed E-state index contributed by atoms with van der Waals surface area (Å²) < 4.78 is 5.08. The van der Waals surface area contributed by atoms with E-state index >= 15 is 0 Å². The number of anilines is 2. The van der Waals surface area contributed by atoms with Crippen LogP contribution in [0.15, 0.2) is 42.7 Å². The second kappa shape index (κ2) is 6.33. The van der Waals surface area contributed by atoms with Gasteiger partial charge < -0.3 is 15.4 Å². The lowest BCUT2D eigenvalue weighted by Crippen LogP contribution is -2.19. The maximum absolute atomic E-state index is 11.8. The Morgan fingerprint density at radius 1 is 1.24 bits per heavy atom. The van der Waals surface area contributed by atoms with Gasteiger partial charge in [0.15, 0.2) is 0 Å². The summed E-state index contributed by atoms with van der Waals surface area (Å²) in [6.07, 6.45) is 2.99. The number of urea groups is 1. The Kier molecular flexibility index (Phi) is 4.30. The summed E-state index contributed by atoms with van der Waals surface area (Å²) >= 11 is 0. The van der Waals surface area contributed by atoms with Gasteiger partial charge in [0.25, 0.3) is 5.69 Å². The van der Waals surface area contributed by atoms with Crippen molar-refractivity contribution in [3.8, 4) is 5.75 Å². The van der Waals surface area contributed by atoms with Crippen LogP contribution in [0.1, 0.15) is 0 Å². The number of amides is 2. The Hall–Kier alpha value is -3.16. The van der Waals surface area contributed by atoms with Crippen LogP contribution in [0.4, 0.5) is 21.9 Å². The van der Waals surface area contributed by atoms with Crippen molar-refractivity contribution in [3.05, 3.63) is 52.8 Å². The number of aromatic nitrogens is 1. The van der Waals surface area contributed by atoms with E-state index in [1.54, 1.807) is 6.07 Å². The highest BCUT2D eigenvalue weighted by Gasteiger charge is 2.09. The standard InChI is InChI=1S/C13H12N4O4/c1-21-12-6-7-14-8-11(12)16-13(18)15-9-2-4-10(5-3-9)17(19)20/h2-8H,1H3,(H2,15,16,18). The number of non-ortho nitro benzene ring substituents is 1. The number of benzene rings is 1. The first-order valence-electron chi connectivity index (χ1n) is 5.90. The average Bonchev–Trinajstić information content (AvgIpc) is 2.48. The van der Waals surface area contributed by atoms with Crippen LogP contribution in [0.5, 0.6) is 5.75 Å². The fourth-order valence-corrected chi connectivity index (χ4v) is 1.60. The van der Waals surface area contributed by atoms with E-state index in [-0.39, 0.29) is 5.69 Å². The van der Waals surface area contributed by atoms with Crippen LogP contribution >= 0.6 is 0 Å². The van der Waals surface area contributed by atoms with Crippen molar-refractivity contribution in [3.63, 3.8) is 0 Å². The molecule has 8 heteroatoms. The molecular formula is C13H12N4O4. The lowest BCUT2D eigenvalue weighted by atomic mass is 10.3. The minimum atomic E-state index is -0.510. The summed E-state index contributed by atoms with van der Waals surface area (Å²) in [6, 6.07) is 6.61. The van der Waals surface area contributed by atoms with Crippen molar-refractivity contribution in [2.75, 3.05) is 17.7 Å². The SMILES string of the molecule is COc1ccncc1NC(=O)Nc1ccc([N+](=O)[O-])cc1. The van der Waals surface area contributed by atoms with E-state index in [1.165, 1.54) is 43.8 Å². The zero-order valence-corrected chi connectivity index (χ0v) is 11.1. The Bertz CT molecular complexity index is 657. The van der Waals surface area contributed by atoms with E-state index < -0.39 is 11.0 Å². The van der Waals surface area contributed by atoms with Crippen molar-refractivity contribution in [2.45, 2.75) is 0 Å². The molecule has 2 rings (SSSR count). The topological polar surface area (TPSA) is 106 Å². The molecule has 1 aromatic heterocycles. The zero-order valence-electron chi connectivity index (χ0n) is 11.1. The molecule has 0 unspecified atom stereocenters. The average molecular weight is 288 g/mol. The number of hydrogen-bond donors (Lipinski definition) is 2. The van der Waals surface area contributed by atoms with Crippen LogP contribution in [-0.2, 0) is 0 Å². The molecule has 0 spiro atoms. The summed E-state index contributed by atoms with van der Waals surface area (Å²) in [4.78, 5) is 25.7. The smallest absolute Gasteiger partial charge is 0.323 e. The van der Waals surface area contributed by atoms with E-state index in [0.29, 0.717) is 17.1 Å². The van der Waals surface area contributed by atoms with Gasteiger partial charge in [-0.05, 0) is 12.1 Å². The van der Waals surface area contributed by atoms with Crippen LogP contribution in [0.2, 0.25) is 0 Å². The molecule has 0 bridgehead atoms. The summed E-state index contributed by atoms with van der Waals surface area (Å²) in [5.41, 5.74) is 0.801. The number of methoxy groups -OCH3 is 1. The molecule has 2 amide bonds. The van der Waals surface area contributed by atoms with Crippen molar-refractivity contribution in [2.24, 2.45) is 0 Å². The summed E-state index contributed by atoms with van der Waals surface area (Å²) in [5.74, 6) is 0.476. The molecule has 1 aromatic carbocycles. The highest BCUT2D eigenvalue weighted by Crippen LogP contribution is 2.22. The van der Waals surface area contributed by atoms with Crippen LogP contribution < -0.4 is 15.4 Å². The lowest BCUT2D eigenvalue weighted by molar-refractivity contribution is -0.384. The van der Waals surface area contributed by atoms with Gasteiger partial charge in [0.05, 0.1) is 18.2 Å². The number of ether oxygens (including phenoxy) is 1. The van der Waals surface area contributed by atoms with Crippen LogP contribution in [0.25, 0.3) is 0 Å². The summed E-state index contributed by atoms with van der Waals surface area (Å²) in [6.45, 7) is 0. The summed E-state index contributed by atoms with van der Waals surface area (Å²) in [7, 11) is 1.48. The van der Waals surface area contributed by atoms with Crippen molar-refractivity contribution >= 4 is 23.1 Å². The van der Waals surface area contributed by atoms with Gasteiger partial charge in [-0.3, -0.25) is 15.1 Å². The van der Waals surface area contributed by atoms with Crippen LogP contribution in [0.3, 0.4) is 0 Å². The predicted molar refractivity (Wildman–Crippen MR) is 76.5 cm³/mol. The highest BCUT2D eigenvalue weighted by molar-refractivity contribution is 6.00. The van der Waals surface area contributed by atoms with Gasteiger partial charge in [-0.1, -0.05) is 0 Å². The number of nitrogens with zero attached hydrogens (tertiary/aromatic N) is 2. The van der Waals surface area contributed by atoms with Gasteiger partial charge >= 0.3 is 6.03 Å². The number of nitro groups is 1. The molecule has 0 aliphatic carbocycles. The maximum atomic E-state index is 11.8. The second-order valence-corrected chi connectivity index (χ2v) is 3.96. The van der Waals surface area contributed by atoms with Gasteiger partial charge in [0, 0.05) is 30.1 Å². The molecule has 21 heavy (non-hydrogen) atoms. The molecule has 8 nitrogen and oxygen atoms in total. The molecule has 0 radical (unpaired) electrons. The van der Waals surface area contributed by atoms with Gasteiger partial charge in [-0.2, -0.15) is 0 Å². The third kappa shape index (κ3) is 3.66. The molecule has 2 N–H and O–H groups in total. The monoisotopic (exact) mass is 288 g/mol. The minimum Gasteiger partial charge on any atom is -0.494 e. The molecular weight excluding hydrogens is 276 g/mol. The normalized spacial score (nSPS) is 9.76. The molecule has 2 aromatic rings. The molecule has 1 heterocycles. The number of nitro benzene ring substituents is 1. The second-order valence-electron chi connectivity index (χ2n) is 3.96. The largest absolute Gasteiger partial charge is 0.494 e. The Balaban J connectivity index is 2.03. The lowest BCUT2D eigenvalue weighted by Gasteiger charge is -2.10. The van der Waals surface area contributed by atoms with Gasteiger partial charge in [0.2, 0.25) is 0 Å². The first-order chi connectivity index (χ1) is 10.1. The van der Waals surface area contributed by atoms with Gasteiger partial charge in [-0.15, -0.1) is 0 Å². The quantitative estimate of drug-likeness (QED) is 0.664. The van der Waals surface area contributed by atoms with E-state index in [9.17, 15) is 14.9 Å². The van der Waals surface area contributed by atoms with E-state index in [1.807, 2.05) is 0 Å². The first-order valence-corrected chi connectivity index (χ1v) is 5.90. The molecule has 0 aliphatic heterocycles. The van der Waals surface area contributed by atoms with Crippen molar-refractivity contribution in [1.29, 1.82) is 0 Å². The maximum Gasteiger partial charge on any atom is 0.323 e. The van der Waals surface area contributed by atoms with Crippen molar-refractivity contribution < 1.29 is 14.5 Å². The van der Waals surface area contributed by atoms with E-state index in [0.717, 1.165) is 0 Å². The predicted octanol–water partition coefficient (Wildman–Crippen LogP) is 2.64. The van der Waals surface area contributed by atoms with Crippen LogP contribution in [0, 0.1) is 10.1 Å². The zero-order chi connectivity index (χ0) is 15.2. The molecule has 0 fully saturated rings. The number of carbonyl (C=O) groups is 1. The number of rotatable bonds is 4.